The fourth-order valence-corrected chi connectivity index (χ4v) is 2.83. The Balaban J connectivity index is 1.76. The summed E-state index contributed by atoms with van der Waals surface area (Å²) < 4.78 is 43.7. The minimum atomic E-state index is -3.07. The van der Waals surface area contributed by atoms with E-state index in [4.69, 9.17) is 14.2 Å². The minimum absolute atomic E-state index is 0.0754. The van der Waals surface area contributed by atoms with Crippen LogP contribution in [0.15, 0.2) is 42.7 Å². The Morgan fingerprint density at radius 2 is 2.14 bits per heavy atom. The number of rotatable bonds is 6. The zero-order chi connectivity index (χ0) is 20.0. The lowest BCUT2D eigenvalue weighted by Gasteiger charge is -2.23. The average Bonchev–Trinajstić information content (AvgIpc) is 2.88. The van der Waals surface area contributed by atoms with Gasteiger partial charge in [-0.15, -0.1) is 0 Å². The zero-order valence-electron chi connectivity index (χ0n) is 15.6. The van der Waals surface area contributed by atoms with Gasteiger partial charge >= 0.3 is 0 Å². The van der Waals surface area contributed by atoms with Gasteiger partial charge in [0.05, 0.1) is 19.8 Å². The van der Waals surface area contributed by atoms with E-state index in [-0.39, 0.29) is 25.3 Å². The van der Waals surface area contributed by atoms with Gasteiger partial charge in [-0.2, -0.15) is 0 Å². The topological polar surface area (TPSA) is 60.9 Å². The van der Waals surface area contributed by atoms with Gasteiger partial charge in [0.2, 0.25) is 0 Å². The maximum absolute atomic E-state index is 13.7. The summed E-state index contributed by atoms with van der Waals surface area (Å²) in [5.74, 6) is -2.71. The molecule has 0 radical (unpaired) electrons. The van der Waals surface area contributed by atoms with Crippen molar-refractivity contribution in [2.75, 3.05) is 32.9 Å². The SMILES string of the molecule is CCOc1cc(C(=O)N2CCOCC(F)(F)C2)ccc1OCc1cccnc1. The molecule has 1 aromatic carbocycles. The summed E-state index contributed by atoms with van der Waals surface area (Å²) in [5, 5.41) is 0. The highest BCUT2D eigenvalue weighted by molar-refractivity contribution is 5.95. The number of carbonyl (C=O) groups is 1. The van der Waals surface area contributed by atoms with Crippen LogP contribution in [-0.2, 0) is 11.3 Å². The lowest BCUT2D eigenvalue weighted by molar-refractivity contribution is -0.0660. The smallest absolute Gasteiger partial charge is 0.288 e. The molecule has 0 aliphatic carbocycles. The first-order valence-electron chi connectivity index (χ1n) is 9.02. The number of hydrogen-bond acceptors (Lipinski definition) is 5. The number of alkyl halides is 2. The Labute approximate surface area is 162 Å². The third-order valence-corrected chi connectivity index (χ3v) is 4.14. The van der Waals surface area contributed by atoms with Crippen LogP contribution in [0.25, 0.3) is 0 Å². The summed E-state index contributed by atoms with van der Waals surface area (Å²) in [4.78, 5) is 17.9. The molecule has 1 saturated heterocycles. The predicted octanol–water partition coefficient (Wildman–Crippen LogP) is 3.17. The zero-order valence-corrected chi connectivity index (χ0v) is 15.6. The van der Waals surface area contributed by atoms with E-state index >= 15 is 0 Å². The fourth-order valence-electron chi connectivity index (χ4n) is 2.83. The Morgan fingerprint density at radius 1 is 1.29 bits per heavy atom. The monoisotopic (exact) mass is 392 g/mol. The van der Waals surface area contributed by atoms with E-state index in [0.717, 1.165) is 10.5 Å². The van der Waals surface area contributed by atoms with Crippen molar-refractivity contribution >= 4 is 5.91 Å². The van der Waals surface area contributed by atoms with Crippen LogP contribution in [-0.4, -0.2) is 54.6 Å². The molecule has 150 valence electrons. The van der Waals surface area contributed by atoms with Crippen LogP contribution >= 0.6 is 0 Å². The van der Waals surface area contributed by atoms with Crippen molar-refractivity contribution in [2.45, 2.75) is 19.5 Å². The first-order chi connectivity index (χ1) is 13.5. The van der Waals surface area contributed by atoms with Crippen LogP contribution in [0.2, 0.25) is 0 Å². The van der Waals surface area contributed by atoms with Crippen molar-refractivity contribution in [3.05, 3.63) is 53.9 Å². The first-order valence-corrected chi connectivity index (χ1v) is 9.02. The quantitative estimate of drug-likeness (QED) is 0.756. The highest BCUT2D eigenvalue weighted by Crippen LogP contribution is 2.30. The third-order valence-electron chi connectivity index (χ3n) is 4.14. The summed E-state index contributed by atoms with van der Waals surface area (Å²) in [5.41, 5.74) is 1.15. The lowest BCUT2D eigenvalue weighted by Crippen LogP contribution is -2.41. The molecule has 0 spiro atoms. The Hall–Kier alpha value is -2.74. The average molecular weight is 392 g/mol. The van der Waals surface area contributed by atoms with Crippen molar-refractivity contribution in [3.63, 3.8) is 0 Å². The number of benzene rings is 1. The number of ether oxygens (including phenoxy) is 3. The van der Waals surface area contributed by atoms with E-state index in [9.17, 15) is 13.6 Å². The number of carbonyl (C=O) groups excluding carboxylic acids is 1. The molecule has 0 saturated carbocycles. The van der Waals surface area contributed by atoms with E-state index in [1.807, 2.05) is 19.1 Å². The molecule has 1 aliphatic rings. The maximum Gasteiger partial charge on any atom is 0.288 e. The molecule has 0 N–H and O–H groups in total. The second kappa shape index (κ2) is 8.97. The van der Waals surface area contributed by atoms with Gasteiger partial charge in [-0.3, -0.25) is 9.78 Å². The number of pyridine rings is 1. The number of halogens is 2. The van der Waals surface area contributed by atoms with Crippen LogP contribution in [0.4, 0.5) is 8.78 Å². The predicted molar refractivity (Wildman–Crippen MR) is 97.8 cm³/mol. The van der Waals surface area contributed by atoms with Crippen LogP contribution in [0.3, 0.4) is 0 Å². The minimum Gasteiger partial charge on any atom is -0.490 e. The van der Waals surface area contributed by atoms with Gasteiger partial charge in [0.15, 0.2) is 11.5 Å². The van der Waals surface area contributed by atoms with Gasteiger partial charge in [0, 0.05) is 30.1 Å². The van der Waals surface area contributed by atoms with Crippen LogP contribution < -0.4 is 9.47 Å². The number of nitrogens with zero attached hydrogens (tertiary/aromatic N) is 2. The van der Waals surface area contributed by atoms with E-state index < -0.39 is 25.0 Å². The van der Waals surface area contributed by atoms with E-state index in [2.05, 4.69) is 4.98 Å². The molecule has 0 atom stereocenters. The summed E-state index contributed by atoms with van der Waals surface area (Å²) in [6, 6.07) is 8.38. The second-order valence-corrected chi connectivity index (χ2v) is 6.38. The van der Waals surface area contributed by atoms with Gasteiger partial charge in [-0.25, -0.2) is 8.78 Å². The van der Waals surface area contributed by atoms with Crippen molar-refractivity contribution in [1.82, 2.24) is 9.88 Å². The number of aromatic nitrogens is 1. The third kappa shape index (κ3) is 5.16. The van der Waals surface area contributed by atoms with Gasteiger partial charge < -0.3 is 19.1 Å². The van der Waals surface area contributed by atoms with Crippen molar-refractivity contribution < 1.29 is 27.8 Å². The standard InChI is InChI=1S/C20H22F2N2O4/c1-2-27-18-10-16(19(25)24-8-9-26-14-20(21,22)13-24)5-6-17(18)28-12-15-4-3-7-23-11-15/h3-7,10-11H,2,8-9,12-14H2,1H3. The van der Waals surface area contributed by atoms with Gasteiger partial charge in [0.1, 0.15) is 13.2 Å². The molecule has 1 aliphatic heterocycles. The molecule has 1 fully saturated rings. The van der Waals surface area contributed by atoms with Gasteiger partial charge in [-0.05, 0) is 31.2 Å². The van der Waals surface area contributed by atoms with Crippen molar-refractivity contribution in [3.8, 4) is 11.5 Å². The van der Waals surface area contributed by atoms with Gasteiger partial charge in [-0.1, -0.05) is 6.07 Å². The molecule has 6 nitrogen and oxygen atoms in total. The second-order valence-electron chi connectivity index (χ2n) is 6.38. The molecular weight excluding hydrogens is 370 g/mol. The van der Waals surface area contributed by atoms with Crippen molar-refractivity contribution in [2.24, 2.45) is 0 Å². The van der Waals surface area contributed by atoms with E-state index in [1.54, 1.807) is 24.5 Å². The molecule has 28 heavy (non-hydrogen) atoms. The van der Waals surface area contributed by atoms with E-state index in [0.29, 0.717) is 18.1 Å². The molecule has 8 heteroatoms. The molecule has 1 aromatic heterocycles. The maximum atomic E-state index is 13.7. The number of amides is 1. The van der Waals surface area contributed by atoms with Crippen LogP contribution in [0.5, 0.6) is 11.5 Å². The molecule has 3 rings (SSSR count). The van der Waals surface area contributed by atoms with Crippen molar-refractivity contribution in [1.29, 1.82) is 0 Å². The molecule has 2 aromatic rings. The molecule has 0 bridgehead atoms. The van der Waals surface area contributed by atoms with Gasteiger partial charge in [0.25, 0.3) is 11.8 Å². The summed E-state index contributed by atoms with van der Waals surface area (Å²) in [6.45, 7) is 1.31. The van der Waals surface area contributed by atoms with Crippen LogP contribution in [0.1, 0.15) is 22.8 Å². The number of hydrogen-bond donors (Lipinski definition) is 0. The first kappa shape index (κ1) is 20.0. The normalized spacial score (nSPS) is 16.3. The lowest BCUT2D eigenvalue weighted by atomic mass is 10.1. The Kier molecular flexibility index (Phi) is 6.41. The largest absolute Gasteiger partial charge is 0.490 e. The van der Waals surface area contributed by atoms with Crippen LogP contribution in [0, 0.1) is 0 Å². The Bertz CT molecular complexity index is 802. The summed E-state index contributed by atoms with van der Waals surface area (Å²) >= 11 is 0. The summed E-state index contributed by atoms with van der Waals surface area (Å²) in [7, 11) is 0. The van der Waals surface area contributed by atoms with E-state index in [1.165, 1.54) is 6.07 Å². The Morgan fingerprint density at radius 3 is 2.89 bits per heavy atom. The molecular formula is C20H22F2N2O4. The molecule has 1 amide bonds. The molecule has 0 unspecified atom stereocenters. The summed E-state index contributed by atoms with van der Waals surface area (Å²) in [6.07, 6.45) is 3.37. The highest BCUT2D eigenvalue weighted by Gasteiger charge is 2.36. The fraction of sp³-hybridized carbons (Fsp3) is 0.400. The molecule has 2 heterocycles. The highest BCUT2D eigenvalue weighted by atomic mass is 19.3.